The van der Waals surface area contributed by atoms with Crippen molar-refractivity contribution < 1.29 is 26.3 Å². The van der Waals surface area contributed by atoms with Crippen LogP contribution < -0.4 is 9.46 Å². The molecule has 3 rings (SSSR count). The van der Waals surface area contributed by atoms with Crippen molar-refractivity contribution in [2.45, 2.75) is 43.4 Å². The average molecular weight is 399 g/mol. The second-order valence-electron chi connectivity index (χ2n) is 6.94. The Balaban J connectivity index is 1.71. The predicted molar refractivity (Wildman–Crippen MR) is 95.1 cm³/mol. The third-order valence-corrected chi connectivity index (χ3v) is 6.19. The number of alkyl halides is 3. The zero-order valence-electron chi connectivity index (χ0n) is 14.9. The van der Waals surface area contributed by atoms with Gasteiger partial charge in [-0.1, -0.05) is 23.8 Å². The van der Waals surface area contributed by atoms with Gasteiger partial charge in [-0.3, -0.25) is 0 Å². The molecule has 0 atom stereocenters. The van der Waals surface area contributed by atoms with Gasteiger partial charge < -0.3 is 4.74 Å². The van der Waals surface area contributed by atoms with Crippen LogP contribution in [-0.4, -0.2) is 21.3 Å². The van der Waals surface area contributed by atoms with Crippen molar-refractivity contribution in [3.63, 3.8) is 0 Å². The van der Waals surface area contributed by atoms with Crippen molar-refractivity contribution in [1.82, 2.24) is 4.72 Å². The highest BCUT2D eigenvalue weighted by molar-refractivity contribution is 7.89. The summed E-state index contributed by atoms with van der Waals surface area (Å²) in [6, 6.07) is 10.3. The van der Waals surface area contributed by atoms with Crippen LogP contribution in [-0.2, 0) is 15.4 Å². The molecule has 1 N–H and O–H groups in total. The molecule has 0 saturated heterocycles. The van der Waals surface area contributed by atoms with Gasteiger partial charge in [-0.15, -0.1) is 13.2 Å². The molecular formula is C19H20F3NO3S. The van der Waals surface area contributed by atoms with Crippen molar-refractivity contribution in [1.29, 1.82) is 0 Å². The van der Waals surface area contributed by atoms with Crippen molar-refractivity contribution in [2.75, 3.05) is 6.54 Å². The van der Waals surface area contributed by atoms with Crippen LogP contribution in [0.2, 0.25) is 0 Å². The third-order valence-electron chi connectivity index (χ3n) is 4.78. The van der Waals surface area contributed by atoms with E-state index in [4.69, 9.17) is 0 Å². The van der Waals surface area contributed by atoms with E-state index < -0.39 is 22.1 Å². The number of rotatable bonds is 6. The third kappa shape index (κ3) is 4.62. The van der Waals surface area contributed by atoms with Gasteiger partial charge in [-0.05, 0) is 62.1 Å². The summed E-state index contributed by atoms with van der Waals surface area (Å²) >= 11 is 0. The van der Waals surface area contributed by atoms with Gasteiger partial charge in [0.15, 0.2) is 0 Å². The van der Waals surface area contributed by atoms with Gasteiger partial charge in [-0.25, -0.2) is 13.1 Å². The monoisotopic (exact) mass is 399 g/mol. The molecule has 0 radical (unpaired) electrons. The molecule has 146 valence electrons. The van der Waals surface area contributed by atoms with Crippen LogP contribution in [0.4, 0.5) is 13.2 Å². The molecule has 0 amide bonds. The summed E-state index contributed by atoms with van der Waals surface area (Å²) in [6.07, 6.45) is -3.04. The van der Waals surface area contributed by atoms with Crippen molar-refractivity contribution in [2.24, 2.45) is 0 Å². The van der Waals surface area contributed by atoms with E-state index in [1.165, 1.54) is 0 Å². The Morgan fingerprint density at radius 1 is 1.07 bits per heavy atom. The van der Waals surface area contributed by atoms with E-state index >= 15 is 0 Å². The van der Waals surface area contributed by atoms with Gasteiger partial charge in [0.25, 0.3) is 0 Å². The predicted octanol–water partition coefficient (Wildman–Crippen LogP) is 4.21. The molecule has 4 nitrogen and oxygen atoms in total. The fraction of sp³-hybridized carbons (Fsp3) is 0.368. The van der Waals surface area contributed by atoms with E-state index in [-0.39, 0.29) is 16.9 Å². The van der Waals surface area contributed by atoms with Gasteiger partial charge in [-0.2, -0.15) is 0 Å². The maximum absolute atomic E-state index is 12.5. The minimum atomic E-state index is -4.82. The summed E-state index contributed by atoms with van der Waals surface area (Å²) in [5.74, 6) is -0.463. The van der Waals surface area contributed by atoms with Crippen LogP contribution in [0.5, 0.6) is 5.75 Å². The number of nitrogens with one attached hydrogen (secondary N) is 1. The van der Waals surface area contributed by atoms with E-state index in [1.54, 1.807) is 0 Å². The van der Waals surface area contributed by atoms with E-state index in [1.807, 2.05) is 26.0 Å². The van der Waals surface area contributed by atoms with E-state index in [0.29, 0.717) is 0 Å². The molecule has 1 aliphatic rings. The number of sulfonamides is 1. The summed E-state index contributed by atoms with van der Waals surface area (Å²) < 4.78 is 68.0. The number of aryl methyl sites for hydroxylation is 2. The summed E-state index contributed by atoms with van der Waals surface area (Å²) in [6.45, 7) is 4.27. The van der Waals surface area contributed by atoms with Gasteiger partial charge in [0, 0.05) is 12.0 Å². The standard InChI is InChI=1S/C19H20F3NO3S/c1-13-3-8-17(14(2)11-13)18(9-10-18)12-23-27(24,25)16-6-4-15(5-7-16)26-19(20,21)22/h3-8,11,23H,9-10,12H2,1-2H3. The molecule has 0 spiro atoms. The molecule has 0 bridgehead atoms. The first kappa shape index (κ1) is 19.7. The normalized spacial score (nSPS) is 16.2. The van der Waals surface area contributed by atoms with Crippen LogP contribution in [0.1, 0.15) is 29.5 Å². The van der Waals surface area contributed by atoms with E-state index in [0.717, 1.165) is 53.8 Å². The largest absolute Gasteiger partial charge is 0.573 e. The minimum absolute atomic E-state index is 0.103. The van der Waals surface area contributed by atoms with Crippen LogP contribution in [0.3, 0.4) is 0 Å². The highest BCUT2D eigenvalue weighted by Crippen LogP contribution is 2.49. The number of hydrogen-bond donors (Lipinski definition) is 1. The molecule has 27 heavy (non-hydrogen) atoms. The van der Waals surface area contributed by atoms with E-state index in [2.05, 4.69) is 15.5 Å². The van der Waals surface area contributed by atoms with Crippen LogP contribution >= 0.6 is 0 Å². The molecule has 8 heteroatoms. The zero-order valence-corrected chi connectivity index (χ0v) is 15.7. The number of hydrogen-bond acceptors (Lipinski definition) is 3. The van der Waals surface area contributed by atoms with Gasteiger partial charge in [0.2, 0.25) is 10.0 Å². The molecule has 0 heterocycles. The molecule has 2 aromatic carbocycles. The molecule has 1 aliphatic carbocycles. The molecule has 1 fully saturated rings. The smallest absolute Gasteiger partial charge is 0.406 e. The second kappa shape index (κ2) is 6.83. The van der Waals surface area contributed by atoms with Gasteiger partial charge >= 0.3 is 6.36 Å². The summed E-state index contributed by atoms with van der Waals surface area (Å²) in [7, 11) is -3.83. The maximum Gasteiger partial charge on any atom is 0.573 e. The highest BCUT2D eigenvalue weighted by atomic mass is 32.2. The van der Waals surface area contributed by atoms with Crippen LogP contribution in [0, 0.1) is 13.8 Å². The Morgan fingerprint density at radius 3 is 2.22 bits per heavy atom. The van der Waals surface area contributed by atoms with Gasteiger partial charge in [0.1, 0.15) is 5.75 Å². The first-order valence-corrected chi connectivity index (χ1v) is 9.92. The number of ether oxygens (including phenoxy) is 1. The lowest BCUT2D eigenvalue weighted by Crippen LogP contribution is -2.32. The topological polar surface area (TPSA) is 55.4 Å². The summed E-state index contributed by atoms with van der Waals surface area (Å²) in [4.78, 5) is -0.103. The van der Waals surface area contributed by atoms with Crippen molar-refractivity contribution in [3.05, 3.63) is 59.2 Å². The fourth-order valence-corrected chi connectivity index (χ4v) is 4.37. The maximum atomic E-state index is 12.5. The molecule has 1 saturated carbocycles. The van der Waals surface area contributed by atoms with Crippen molar-refractivity contribution >= 4 is 10.0 Å². The quantitative estimate of drug-likeness (QED) is 0.792. The first-order valence-electron chi connectivity index (χ1n) is 8.44. The SMILES string of the molecule is Cc1ccc(C2(CNS(=O)(=O)c3ccc(OC(F)(F)F)cc3)CC2)c(C)c1. The molecule has 2 aromatic rings. The summed E-state index contributed by atoms with van der Waals surface area (Å²) in [5, 5.41) is 0. The number of halogens is 3. The van der Waals surface area contributed by atoms with Crippen LogP contribution in [0.25, 0.3) is 0 Å². The lowest BCUT2D eigenvalue weighted by atomic mass is 9.91. The lowest BCUT2D eigenvalue weighted by molar-refractivity contribution is -0.274. The second-order valence-corrected chi connectivity index (χ2v) is 8.71. The molecule has 0 aliphatic heterocycles. The molecule has 0 unspecified atom stereocenters. The Morgan fingerprint density at radius 2 is 1.70 bits per heavy atom. The first-order chi connectivity index (χ1) is 12.5. The summed E-state index contributed by atoms with van der Waals surface area (Å²) in [5.41, 5.74) is 3.18. The Hall–Kier alpha value is -2.06. The zero-order chi connectivity index (χ0) is 19.9. The lowest BCUT2D eigenvalue weighted by Gasteiger charge is -2.19. The Kier molecular flexibility index (Phi) is 4.98. The molecular weight excluding hydrogens is 379 g/mol. The highest BCUT2D eigenvalue weighted by Gasteiger charge is 2.45. The minimum Gasteiger partial charge on any atom is -0.406 e. The van der Waals surface area contributed by atoms with Gasteiger partial charge in [0.05, 0.1) is 4.90 Å². The molecule has 0 aromatic heterocycles. The fourth-order valence-electron chi connectivity index (χ4n) is 3.24. The average Bonchev–Trinajstić information content (AvgIpc) is 3.33. The number of benzene rings is 2. The van der Waals surface area contributed by atoms with Crippen LogP contribution in [0.15, 0.2) is 47.4 Å². The Bertz CT molecular complexity index is 934. The van der Waals surface area contributed by atoms with E-state index in [9.17, 15) is 21.6 Å². The Labute approximate surface area is 156 Å². The van der Waals surface area contributed by atoms with Crippen molar-refractivity contribution in [3.8, 4) is 5.75 Å².